The third-order valence-corrected chi connectivity index (χ3v) is 3.30. The van der Waals surface area contributed by atoms with Gasteiger partial charge in [-0.05, 0) is 54.4 Å². The number of methoxy groups -OCH3 is 1. The van der Waals surface area contributed by atoms with Crippen LogP contribution in [0, 0.1) is 0 Å². The lowest BCUT2D eigenvalue weighted by molar-refractivity contribution is -0.143. The van der Waals surface area contributed by atoms with Gasteiger partial charge in [0.25, 0.3) is 0 Å². The van der Waals surface area contributed by atoms with Gasteiger partial charge >= 0.3 is 12.1 Å². The highest BCUT2D eigenvalue weighted by atomic mass is 79.9. The van der Waals surface area contributed by atoms with Crippen molar-refractivity contribution in [1.82, 2.24) is 5.32 Å². The highest BCUT2D eigenvalue weighted by Gasteiger charge is 2.25. The van der Waals surface area contributed by atoms with Crippen LogP contribution in [-0.4, -0.2) is 35.9 Å². The number of carbonyl (C=O) groups is 2. The van der Waals surface area contributed by atoms with E-state index in [1.807, 2.05) is 0 Å². The monoisotopic (exact) mass is 373 g/mol. The van der Waals surface area contributed by atoms with E-state index in [0.717, 1.165) is 0 Å². The van der Waals surface area contributed by atoms with E-state index in [9.17, 15) is 14.7 Å². The molecule has 2 N–H and O–H groups in total. The Hall–Kier alpha value is -1.76. The minimum absolute atomic E-state index is 0.0541. The summed E-state index contributed by atoms with van der Waals surface area (Å²) in [6, 6.07) is 4.00. The van der Waals surface area contributed by atoms with Crippen LogP contribution >= 0.6 is 15.9 Å². The predicted molar refractivity (Wildman–Crippen MR) is 84.7 cm³/mol. The molecule has 22 heavy (non-hydrogen) atoms. The van der Waals surface area contributed by atoms with Gasteiger partial charge in [-0.2, -0.15) is 0 Å². The van der Waals surface area contributed by atoms with Gasteiger partial charge < -0.3 is 19.9 Å². The number of aromatic hydroxyl groups is 1. The van der Waals surface area contributed by atoms with Crippen molar-refractivity contribution in [2.24, 2.45) is 0 Å². The Kier molecular flexibility index (Phi) is 6.22. The van der Waals surface area contributed by atoms with Crippen molar-refractivity contribution in [3.8, 4) is 5.75 Å². The summed E-state index contributed by atoms with van der Waals surface area (Å²) in [5.41, 5.74) is 0.00726. The fourth-order valence-corrected chi connectivity index (χ4v) is 1.95. The molecule has 6 nitrogen and oxygen atoms in total. The van der Waals surface area contributed by atoms with E-state index >= 15 is 0 Å². The minimum Gasteiger partial charge on any atom is -0.507 e. The molecule has 1 aromatic carbocycles. The second kappa shape index (κ2) is 7.49. The van der Waals surface area contributed by atoms with E-state index in [-0.39, 0.29) is 12.2 Å². The number of alkyl carbamates (subject to hydrolysis) is 1. The first kappa shape index (κ1) is 18.3. The largest absolute Gasteiger partial charge is 0.507 e. The summed E-state index contributed by atoms with van der Waals surface area (Å²) in [6.45, 7) is 5.19. The van der Waals surface area contributed by atoms with E-state index in [4.69, 9.17) is 4.74 Å². The molecule has 0 bridgehead atoms. The summed E-state index contributed by atoms with van der Waals surface area (Å²) in [7, 11) is 1.24. The maximum Gasteiger partial charge on any atom is 0.408 e. The third kappa shape index (κ3) is 5.93. The van der Waals surface area contributed by atoms with Crippen molar-refractivity contribution < 1.29 is 24.2 Å². The number of phenols is 1. The fourth-order valence-electron chi connectivity index (χ4n) is 1.71. The van der Waals surface area contributed by atoms with Crippen LogP contribution in [0.5, 0.6) is 5.75 Å². The topological polar surface area (TPSA) is 84.9 Å². The molecule has 122 valence electrons. The normalized spacial score (nSPS) is 12.4. The highest BCUT2D eigenvalue weighted by Crippen LogP contribution is 2.25. The first-order valence-electron chi connectivity index (χ1n) is 6.67. The molecule has 0 saturated carbocycles. The maximum absolute atomic E-state index is 11.8. The number of esters is 1. The van der Waals surface area contributed by atoms with Crippen molar-refractivity contribution in [3.05, 3.63) is 28.2 Å². The zero-order valence-electron chi connectivity index (χ0n) is 13.0. The summed E-state index contributed by atoms with van der Waals surface area (Å²) < 4.78 is 10.4. The fraction of sp³-hybridized carbons (Fsp3) is 0.467. The number of amides is 1. The molecule has 1 rings (SSSR count). The average Bonchev–Trinajstić information content (AvgIpc) is 2.39. The van der Waals surface area contributed by atoms with Crippen molar-refractivity contribution in [3.63, 3.8) is 0 Å². The molecule has 1 aromatic rings. The number of hydrogen-bond donors (Lipinski definition) is 2. The van der Waals surface area contributed by atoms with Crippen LogP contribution in [0.2, 0.25) is 0 Å². The molecule has 1 amide bonds. The molecule has 0 aromatic heterocycles. The van der Waals surface area contributed by atoms with Crippen LogP contribution < -0.4 is 5.32 Å². The molecule has 1 atom stereocenters. The molecule has 0 saturated heterocycles. The van der Waals surface area contributed by atoms with Crippen LogP contribution in [0.4, 0.5) is 4.79 Å². The summed E-state index contributed by atoms with van der Waals surface area (Å²) in [5.74, 6) is -0.536. The Balaban J connectivity index is 2.82. The van der Waals surface area contributed by atoms with Crippen LogP contribution in [-0.2, 0) is 20.7 Å². The van der Waals surface area contributed by atoms with E-state index < -0.39 is 23.7 Å². The zero-order chi connectivity index (χ0) is 16.9. The Bertz CT molecular complexity index is 553. The standard InChI is InChI=1S/C15H20BrNO5/c1-15(2,3)22-14(20)17-11(13(19)21-4)7-9-5-6-10(16)12(18)8-9/h5-6,8,11,18H,7H2,1-4H3,(H,17,20)/t11-/m0/s1. The molecule has 0 radical (unpaired) electrons. The Morgan fingerprint density at radius 1 is 1.36 bits per heavy atom. The molecule has 0 unspecified atom stereocenters. The summed E-state index contributed by atoms with van der Waals surface area (Å²) >= 11 is 3.18. The van der Waals surface area contributed by atoms with Gasteiger partial charge in [0.1, 0.15) is 17.4 Å². The molecule has 0 heterocycles. The molecule has 0 fully saturated rings. The van der Waals surface area contributed by atoms with Gasteiger partial charge in [-0.3, -0.25) is 0 Å². The second-order valence-electron chi connectivity index (χ2n) is 5.71. The molecule has 7 heteroatoms. The number of benzene rings is 1. The number of nitrogens with one attached hydrogen (secondary N) is 1. The molecule has 0 spiro atoms. The van der Waals surface area contributed by atoms with Crippen molar-refractivity contribution in [2.75, 3.05) is 7.11 Å². The maximum atomic E-state index is 11.8. The van der Waals surface area contributed by atoms with Crippen molar-refractivity contribution in [1.29, 1.82) is 0 Å². The Labute approximate surface area is 137 Å². The van der Waals surface area contributed by atoms with Crippen LogP contribution in [0.3, 0.4) is 0 Å². The third-order valence-electron chi connectivity index (χ3n) is 2.63. The van der Waals surface area contributed by atoms with Gasteiger partial charge in [0, 0.05) is 6.42 Å². The van der Waals surface area contributed by atoms with E-state index in [1.54, 1.807) is 32.9 Å². The predicted octanol–water partition coefficient (Wildman–Crippen LogP) is 2.76. The number of halogens is 1. The minimum atomic E-state index is -0.902. The number of rotatable bonds is 4. The first-order valence-corrected chi connectivity index (χ1v) is 7.46. The average molecular weight is 374 g/mol. The second-order valence-corrected chi connectivity index (χ2v) is 6.57. The number of ether oxygens (including phenoxy) is 2. The van der Waals surface area contributed by atoms with Gasteiger partial charge in [0.15, 0.2) is 0 Å². The zero-order valence-corrected chi connectivity index (χ0v) is 14.6. The van der Waals surface area contributed by atoms with Gasteiger partial charge in [0.2, 0.25) is 0 Å². The lowest BCUT2D eigenvalue weighted by atomic mass is 10.1. The lowest BCUT2D eigenvalue weighted by Gasteiger charge is -2.22. The molecule has 0 aliphatic carbocycles. The molecular formula is C15H20BrNO5. The smallest absolute Gasteiger partial charge is 0.408 e. The Morgan fingerprint density at radius 3 is 2.50 bits per heavy atom. The summed E-state index contributed by atoms with van der Waals surface area (Å²) in [5, 5.41) is 12.1. The first-order chi connectivity index (χ1) is 10.1. The summed E-state index contributed by atoms with van der Waals surface area (Å²) in [6.07, 6.45) is -0.531. The quantitative estimate of drug-likeness (QED) is 0.792. The van der Waals surface area contributed by atoms with Gasteiger partial charge in [-0.25, -0.2) is 9.59 Å². The highest BCUT2D eigenvalue weighted by molar-refractivity contribution is 9.10. The Morgan fingerprint density at radius 2 is 2.00 bits per heavy atom. The molecule has 0 aliphatic heterocycles. The van der Waals surface area contributed by atoms with E-state index in [2.05, 4.69) is 26.0 Å². The van der Waals surface area contributed by atoms with Crippen molar-refractivity contribution in [2.45, 2.75) is 38.8 Å². The van der Waals surface area contributed by atoms with Crippen molar-refractivity contribution >= 4 is 28.0 Å². The number of carbonyl (C=O) groups excluding carboxylic acids is 2. The summed E-state index contributed by atoms with van der Waals surface area (Å²) in [4.78, 5) is 23.6. The lowest BCUT2D eigenvalue weighted by Crippen LogP contribution is -2.45. The molecule has 0 aliphatic rings. The number of hydrogen-bond acceptors (Lipinski definition) is 5. The van der Waals surface area contributed by atoms with Gasteiger partial charge in [-0.1, -0.05) is 6.07 Å². The van der Waals surface area contributed by atoms with Crippen LogP contribution in [0.15, 0.2) is 22.7 Å². The van der Waals surface area contributed by atoms with E-state index in [0.29, 0.717) is 10.0 Å². The van der Waals surface area contributed by atoms with Gasteiger partial charge in [-0.15, -0.1) is 0 Å². The van der Waals surface area contributed by atoms with Crippen LogP contribution in [0.25, 0.3) is 0 Å². The van der Waals surface area contributed by atoms with Gasteiger partial charge in [0.05, 0.1) is 11.6 Å². The SMILES string of the molecule is COC(=O)[C@H](Cc1ccc(Br)c(O)c1)NC(=O)OC(C)(C)C. The van der Waals surface area contributed by atoms with E-state index in [1.165, 1.54) is 13.2 Å². The van der Waals surface area contributed by atoms with Crippen LogP contribution in [0.1, 0.15) is 26.3 Å². The number of phenolic OH excluding ortho intramolecular Hbond substituents is 1. The molecular weight excluding hydrogens is 354 g/mol.